The minimum Gasteiger partial charge on any atom is -0.460 e. The zero-order valence-electron chi connectivity index (χ0n) is 11.1. The van der Waals surface area contributed by atoms with Gasteiger partial charge in [0.1, 0.15) is 6.10 Å². The predicted molar refractivity (Wildman–Crippen MR) is 77.5 cm³/mol. The van der Waals surface area contributed by atoms with Crippen molar-refractivity contribution in [3.63, 3.8) is 0 Å². The van der Waals surface area contributed by atoms with Crippen molar-refractivity contribution in [2.45, 2.75) is 38.2 Å². The first-order valence-corrected chi connectivity index (χ1v) is 7.76. The molecule has 0 aliphatic heterocycles. The molecule has 0 unspecified atom stereocenters. The smallest absolute Gasteiger partial charge is 0.317 e. The molecule has 2 aliphatic rings. The molecule has 0 radical (unpaired) electrons. The Labute approximate surface area is 121 Å². The summed E-state index contributed by atoms with van der Waals surface area (Å²) in [5.41, 5.74) is 7.08. The van der Waals surface area contributed by atoms with Gasteiger partial charge in [0.25, 0.3) is 0 Å². The van der Waals surface area contributed by atoms with Gasteiger partial charge in [0.15, 0.2) is 5.13 Å². The van der Waals surface area contributed by atoms with Crippen LogP contribution in [0.3, 0.4) is 0 Å². The lowest BCUT2D eigenvalue weighted by Gasteiger charge is -2.53. The molecule has 4 rings (SSSR count). The van der Waals surface area contributed by atoms with Crippen LogP contribution in [-0.4, -0.2) is 21.1 Å². The second kappa shape index (κ2) is 4.41. The lowest BCUT2D eigenvalue weighted by Crippen LogP contribution is -2.48. The maximum atomic E-state index is 5.88. The molecule has 1 spiro atoms. The fourth-order valence-electron chi connectivity index (χ4n) is 3.16. The number of nitrogens with zero attached hydrogens (tertiary/aromatic N) is 3. The van der Waals surface area contributed by atoms with Gasteiger partial charge < -0.3 is 10.5 Å². The van der Waals surface area contributed by atoms with Crippen LogP contribution < -0.4 is 10.5 Å². The number of hydrogen-bond donors (Lipinski definition) is 1. The normalized spacial score (nSPS) is 20.4. The van der Waals surface area contributed by atoms with Gasteiger partial charge >= 0.3 is 6.01 Å². The summed E-state index contributed by atoms with van der Waals surface area (Å²) in [6.07, 6.45) is 10.2. The zero-order valence-corrected chi connectivity index (χ0v) is 11.9. The van der Waals surface area contributed by atoms with E-state index in [1.807, 2.05) is 6.07 Å². The highest BCUT2D eigenvalue weighted by Gasteiger charge is 2.49. The summed E-state index contributed by atoms with van der Waals surface area (Å²) in [6.45, 7) is 0. The van der Waals surface area contributed by atoms with Crippen molar-refractivity contribution < 1.29 is 4.74 Å². The Morgan fingerprint density at radius 1 is 1.30 bits per heavy atom. The Bertz CT molecular complexity index is 630. The SMILES string of the molecule is Nc1ncc(-c2ccnc(OC3CC4(CCC4)C3)n2)s1. The van der Waals surface area contributed by atoms with Gasteiger partial charge in [0, 0.05) is 12.4 Å². The standard InChI is InChI=1S/C14H16N4OS/c15-12-17-8-11(20-12)10-2-5-16-13(18-10)19-9-6-14(7-9)3-1-4-14/h2,5,8-9H,1,3-4,6-7H2,(H2,15,17). The van der Waals surface area contributed by atoms with E-state index < -0.39 is 0 Å². The Kier molecular flexibility index (Phi) is 2.66. The van der Waals surface area contributed by atoms with Crippen LogP contribution in [0.15, 0.2) is 18.5 Å². The molecule has 5 nitrogen and oxygen atoms in total. The summed E-state index contributed by atoms with van der Waals surface area (Å²) >= 11 is 1.42. The highest BCUT2D eigenvalue weighted by molar-refractivity contribution is 7.18. The first-order valence-electron chi connectivity index (χ1n) is 6.94. The second-order valence-electron chi connectivity index (χ2n) is 5.79. The third-order valence-corrected chi connectivity index (χ3v) is 5.27. The fourth-order valence-corrected chi connectivity index (χ4v) is 3.82. The van der Waals surface area contributed by atoms with Gasteiger partial charge in [-0.05, 0) is 37.2 Å². The topological polar surface area (TPSA) is 73.9 Å². The summed E-state index contributed by atoms with van der Waals surface area (Å²) in [5.74, 6) is 0. The third kappa shape index (κ3) is 2.04. The average Bonchev–Trinajstić information content (AvgIpc) is 2.78. The highest BCUT2D eigenvalue weighted by Crippen LogP contribution is 2.56. The number of thiazole rings is 1. The van der Waals surface area contributed by atoms with E-state index in [0.717, 1.165) is 23.4 Å². The lowest BCUT2D eigenvalue weighted by molar-refractivity contribution is -0.0713. The van der Waals surface area contributed by atoms with Gasteiger partial charge in [-0.3, -0.25) is 0 Å². The quantitative estimate of drug-likeness (QED) is 0.940. The van der Waals surface area contributed by atoms with Gasteiger partial charge in [-0.25, -0.2) is 9.97 Å². The van der Waals surface area contributed by atoms with Crippen molar-refractivity contribution in [1.29, 1.82) is 0 Å². The Morgan fingerprint density at radius 3 is 2.80 bits per heavy atom. The largest absolute Gasteiger partial charge is 0.460 e. The lowest BCUT2D eigenvalue weighted by atomic mass is 9.55. The van der Waals surface area contributed by atoms with Gasteiger partial charge in [-0.15, -0.1) is 0 Å². The highest BCUT2D eigenvalue weighted by atomic mass is 32.1. The molecule has 2 heterocycles. The van der Waals surface area contributed by atoms with Crippen molar-refractivity contribution in [2.75, 3.05) is 5.73 Å². The first kappa shape index (κ1) is 12.1. The van der Waals surface area contributed by atoms with Gasteiger partial charge in [-0.2, -0.15) is 4.98 Å². The van der Waals surface area contributed by atoms with Crippen molar-refractivity contribution in [3.8, 4) is 16.6 Å². The number of nitrogens with two attached hydrogens (primary N) is 1. The van der Waals surface area contributed by atoms with Gasteiger partial charge in [0.2, 0.25) is 0 Å². The Hall–Kier alpha value is -1.69. The van der Waals surface area contributed by atoms with E-state index in [1.54, 1.807) is 12.4 Å². The van der Waals surface area contributed by atoms with E-state index in [0.29, 0.717) is 16.6 Å². The van der Waals surface area contributed by atoms with Crippen LogP contribution in [0.5, 0.6) is 6.01 Å². The number of ether oxygens (including phenoxy) is 1. The summed E-state index contributed by atoms with van der Waals surface area (Å²) in [5, 5.41) is 0.548. The molecule has 2 saturated carbocycles. The van der Waals surface area contributed by atoms with Crippen molar-refractivity contribution in [2.24, 2.45) is 5.41 Å². The van der Waals surface area contributed by atoms with E-state index in [1.165, 1.54) is 30.6 Å². The second-order valence-corrected chi connectivity index (χ2v) is 6.85. The maximum Gasteiger partial charge on any atom is 0.317 e. The van der Waals surface area contributed by atoms with Crippen LogP contribution in [0.2, 0.25) is 0 Å². The van der Waals surface area contributed by atoms with E-state index in [2.05, 4.69) is 15.0 Å². The summed E-state index contributed by atoms with van der Waals surface area (Å²) in [6, 6.07) is 2.32. The predicted octanol–water partition coefficient (Wildman–Crippen LogP) is 2.89. The summed E-state index contributed by atoms with van der Waals surface area (Å²) in [4.78, 5) is 13.6. The molecular weight excluding hydrogens is 272 g/mol. The Balaban J connectivity index is 1.46. The fraction of sp³-hybridized carbons (Fsp3) is 0.500. The minimum absolute atomic E-state index is 0.289. The van der Waals surface area contributed by atoms with E-state index in [9.17, 15) is 0 Å². The molecule has 2 N–H and O–H groups in total. The van der Waals surface area contributed by atoms with Crippen molar-refractivity contribution in [3.05, 3.63) is 18.5 Å². The first-order chi connectivity index (χ1) is 9.72. The number of aromatic nitrogens is 3. The molecule has 20 heavy (non-hydrogen) atoms. The molecule has 2 fully saturated rings. The van der Waals surface area contributed by atoms with Crippen LogP contribution in [-0.2, 0) is 0 Å². The number of nitrogen functional groups attached to an aromatic ring is 1. The minimum atomic E-state index is 0.289. The van der Waals surface area contributed by atoms with E-state index >= 15 is 0 Å². The molecule has 2 aliphatic carbocycles. The van der Waals surface area contributed by atoms with Crippen LogP contribution in [0.4, 0.5) is 5.13 Å². The van der Waals surface area contributed by atoms with Gasteiger partial charge in [0.05, 0.1) is 10.6 Å². The molecule has 0 amide bonds. The van der Waals surface area contributed by atoms with Crippen molar-refractivity contribution >= 4 is 16.5 Å². The number of anilines is 1. The number of hydrogen-bond acceptors (Lipinski definition) is 6. The Morgan fingerprint density at radius 2 is 2.15 bits per heavy atom. The monoisotopic (exact) mass is 288 g/mol. The van der Waals surface area contributed by atoms with Crippen molar-refractivity contribution in [1.82, 2.24) is 15.0 Å². The molecule has 104 valence electrons. The molecule has 2 aromatic heterocycles. The van der Waals surface area contributed by atoms with Crippen LogP contribution in [0.1, 0.15) is 32.1 Å². The third-order valence-electron chi connectivity index (χ3n) is 4.42. The van der Waals surface area contributed by atoms with E-state index in [-0.39, 0.29) is 6.10 Å². The molecule has 2 aromatic rings. The summed E-state index contributed by atoms with van der Waals surface area (Å²) in [7, 11) is 0. The summed E-state index contributed by atoms with van der Waals surface area (Å²) < 4.78 is 5.88. The molecule has 6 heteroatoms. The molecule has 0 aromatic carbocycles. The van der Waals surface area contributed by atoms with E-state index in [4.69, 9.17) is 10.5 Å². The number of rotatable bonds is 3. The molecule has 0 atom stereocenters. The zero-order chi connectivity index (χ0) is 13.6. The van der Waals surface area contributed by atoms with Crippen LogP contribution >= 0.6 is 11.3 Å². The molecule has 0 bridgehead atoms. The van der Waals surface area contributed by atoms with Gasteiger partial charge in [-0.1, -0.05) is 17.8 Å². The molecule has 0 saturated heterocycles. The average molecular weight is 288 g/mol. The van der Waals surface area contributed by atoms with Crippen LogP contribution in [0, 0.1) is 5.41 Å². The van der Waals surface area contributed by atoms with Crippen LogP contribution in [0.25, 0.3) is 10.6 Å². The molecular formula is C14H16N4OS. The maximum absolute atomic E-state index is 5.88.